The highest BCUT2D eigenvalue weighted by Gasteiger charge is 2.27. The molecule has 2 rings (SSSR count). The van der Waals surface area contributed by atoms with Crippen molar-refractivity contribution in [3.05, 3.63) is 39.4 Å². The lowest BCUT2D eigenvalue weighted by molar-refractivity contribution is -0.385. The van der Waals surface area contributed by atoms with E-state index in [1.807, 2.05) is 0 Å². The second-order valence-electron chi connectivity index (χ2n) is 4.61. The van der Waals surface area contributed by atoms with Crippen molar-refractivity contribution < 1.29 is 14.5 Å². The van der Waals surface area contributed by atoms with Crippen LogP contribution in [0.1, 0.15) is 28.8 Å². The number of Topliss-reactive ketones (excluding diaryl/α,β-unsaturated/α-hetero) is 1. The highest BCUT2D eigenvalue weighted by molar-refractivity contribution is 5.99. The molecule has 100 valence electrons. The number of amides is 1. The fourth-order valence-electron chi connectivity index (χ4n) is 2.11. The quantitative estimate of drug-likeness (QED) is 0.600. The molecule has 19 heavy (non-hydrogen) atoms. The second-order valence-corrected chi connectivity index (χ2v) is 4.61. The van der Waals surface area contributed by atoms with Gasteiger partial charge in [0.15, 0.2) is 0 Å². The lowest BCUT2D eigenvalue weighted by Gasteiger charge is -2.26. The van der Waals surface area contributed by atoms with Crippen LogP contribution in [0.4, 0.5) is 5.69 Å². The van der Waals surface area contributed by atoms with Crippen LogP contribution < -0.4 is 0 Å². The minimum absolute atomic E-state index is 0.0966. The molecule has 0 saturated carbocycles. The number of nitro groups is 1. The van der Waals surface area contributed by atoms with E-state index in [0.717, 1.165) is 5.56 Å². The normalized spacial score (nSPS) is 15.4. The molecular weight excluding hydrogens is 248 g/mol. The topological polar surface area (TPSA) is 80.5 Å². The molecule has 0 unspecified atom stereocenters. The molecule has 0 atom stereocenters. The van der Waals surface area contributed by atoms with E-state index in [-0.39, 0.29) is 22.9 Å². The molecule has 6 heteroatoms. The van der Waals surface area contributed by atoms with Crippen LogP contribution in [0.5, 0.6) is 0 Å². The van der Waals surface area contributed by atoms with Crippen LogP contribution in [0.15, 0.2) is 18.2 Å². The summed E-state index contributed by atoms with van der Waals surface area (Å²) in [6.07, 6.45) is 0.650. The molecule has 0 aliphatic carbocycles. The van der Waals surface area contributed by atoms with E-state index < -0.39 is 4.92 Å². The van der Waals surface area contributed by atoms with Crippen LogP contribution in [0.2, 0.25) is 0 Å². The fourth-order valence-corrected chi connectivity index (χ4v) is 2.11. The number of likely N-dealkylation sites (tertiary alicyclic amines) is 1. The van der Waals surface area contributed by atoms with Crippen molar-refractivity contribution in [1.29, 1.82) is 0 Å². The third-order valence-electron chi connectivity index (χ3n) is 3.19. The Kier molecular flexibility index (Phi) is 3.59. The summed E-state index contributed by atoms with van der Waals surface area (Å²) in [6.45, 7) is 2.45. The molecular formula is C13H14N2O4. The maximum atomic E-state index is 12.3. The zero-order valence-corrected chi connectivity index (χ0v) is 10.6. The monoisotopic (exact) mass is 262 g/mol. The molecule has 1 aromatic carbocycles. The van der Waals surface area contributed by atoms with Crippen molar-refractivity contribution in [2.24, 2.45) is 0 Å². The Hall–Kier alpha value is -2.24. The smallest absolute Gasteiger partial charge is 0.282 e. The Balaban J connectivity index is 2.30. The number of rotatable bonds is 2. The number of carbonyl (C=O) groups is 2. The number of nitro benzene ring substituents is 1. The van der Waals surface area contributed by atoms with Gasteiger partial charge in [-0.15, -0.1) is 0 Å². The summed E-state index contributed by atoms with van der Waals surface area (Å²) in [6, 6.07) is 4.48. The van der Waals surface area contributed by atoms with E-state index in [1.54, 1.807) is 13.0 Å². The van der Waals surface area contributed by atoms with Crippen molar-refractivity contribution in [3.63, 3.8) is 0 Å². The minimum Gasteiger partial charge on any atom is -0.338 e. The first-order valence-electron chi connectivity index (χ1n) is 6.05. The third kappa shape index (κ3) is 2.78. The van der Waals surface area contributed by atoms with Gasteiger partial charge in [-0.05, 0) is 18.6 Å². The van der Waals surface area contributed by atoms with Gasteiger partial charge in [-0.25, -0.2) is 0 Å². The predicted molar refractivity (Wildman–Crippen MR) is 68.0 cm³/mol. The summed E-state index contributed by atoms with van der Waals surface area (Å²) in [5, 5.41) is 11.0. The summed E-state index contributed by atoms with van der Waals surface area (Å²) in [7, 11) is 0. The Morgan fingerprint density at radius 3 is 2.53 bits per heavy atom. The maximum absolute atomic E-state index is 12.3. The van der Waals surface area contributed by atoms with Gasteiger partial charge in [0, 0.05) is 32.0 Å². The number of benzene rings is 1. The SMILES string of the molecule is Cc1ccc([N+](=O)[O-])c(C(=O)N2CCC(=O)CC2)c1. The molecule has 1 heterocycles. The second kappa shape index (κ2) is 5.17. The van der Waals surface area contributed by atoms with Gasteiger partial charge in [-0.1, -0.05) is 6.07 Å². The molecule has 1 aliphatic rings. The van der Waals surface area contributed by atoms with Gasteiger partial charge in [-0.2, -0.15) is 0 Å². The van der Waals surface area contributed by atoms with E-state index in [9.17, 15) is 19.7 Å². The van der Waals surface area contributed by atoms with Crippen molar-refractivity contribution >= 4 is 17.4 Å². The number of aryl methyl sites for hydroxylation is 1. The van der Waals surface area contributed by atoms with Crippen LogP contribution in [0.25, 0.3) is 0 Å². The van der Waals surface area contributed by atoms with Crippen molar-refractivity contribution in [2.75, 3.05) is 13.1 Å². The Morgan fingerprint density at radius 1 is 1.32 bits per heavy atom. The van der Waals surface area contributed by atoms with Gasteiger partial charge >= 0.3 is 0 Å². The minimum atomic E-state index is -0.554. The van der Waals surface area contributed by atoms with Crippen LogP contribution in [0, 0.1) is 17.0 Å². The van der Waals surface area contributed by atoms with E-state index in [1.165, 1.54) is 17.0 Å². The summed E-state index contributed by atoms with van der Waals surface area (Å²) in [4.78, 5) is 35.3. The Bertz CT molecular complexity index is 544. The number of nitrogens with zero attached hydrogens (tertiary/aromatic N) is 2. The Morgan fingerprint density at radius 2 is 1.95 bits per heavy atom. The van der Waals surface area contributed by atoms with Gasteiger partial charge in [0.1, 0.15) is 11.3 Å². The fraction of sp³-hybridized carbons (Fsp3) is 0.385. The molecule has 0 aromatic heterocycles. The molecule has 0 spiro atoms. The van der Waals surface area contributed by atoms with Crippen LogP contribution in [0.3, 0.4) is 0 Å². The van der Waals surface area contributed by atoms with Crippen LogP contribution >= 0.6 is 0 Å². The van der Waals surface area contributed by atoms with Gasteiger partial charge in [0.25, 0.3) is 11.6 Å². The largest absolute Gasteiger partial charge is 0.338 e. The lowest BCUT2D eigenvalue weighted by Crippen LogP contribution is -2.38. The van der Waals surface area contributed by atoms with E-state index in [0.29, 0.717) is 25.9 Å². The van der Waals surface area contributed by atoms with Gasteiger partial charge in [0.05, 0.1) is 4.92 Å². The standard InChI is InChI=1S/C13H14N2O4/c1-9-2-3-12(15(18)19)11(8-9)13(17)14-6-4-10(16)5-7-14/h2-3,8H,4-7H2,1H3. The zero-order valence-electron chi connectivity index (χ0n) is 10.6. The van der Waals surface area contributed by atoms with Gasteiger partial charge in [0.2, 0.25) is 0 Å². The molecule has 6 nitrogen and oxygen atoms in total. The molecule has 1 aromatic rings. The molecule has 1 aliphatic heterocycles. The number of hydrogen-bond donors (Lipinski definition) is 0. The third-order valence-corrected chi connectivity index (χ3v) is 3.19. The molecule has 0 bridgehead atoms. The van der Waals surface area contributed by atoms with Crippen molar-refractivity contribution in [1.82, 2.24) is 4.90 Å². The average Bonchev–Trinajstić information content (AvgIpc) is 2.38. The lowest BCUT2D eigenvalue weighted by atomic mass is 10.1. The summed E-state index contributed by atoms with van der Waals surface area (Å²) < 4.78 is 0. The predicted octanol–water partition coefficient (Wildman–Crippen LogP) is 1.71. The van der Waals surface area contributed by atoms with Gasteiger partial charge in [-0.3, -0.25) is 19.7 Å². The number of carbonyl (C=O) groups excluding carboxylic acids is 2. The van der Waals surface area contributed by atoms with E-state index >= 15 is 0 Å². The van der Waals surface area contributed by atoms with Crippen molar-refractivity contribution in [3.8, 4) is 0 Å². The highest BCUT2D eigenvalue weighted by atomic mass is 16.6. The number of hydrogen-bond acceptors (Lipinski definition) is 4. The first-order valence-corrected chi connectivity index (χ1v) is 6.05. The molecule has 0 radical (unpaired) electrons. The zero-order chi connectivity index (χ0) is 14.0. The summed E-state index contributed by atoms with van der Waals surface area (Å²) in [5.41, 5.74) is 0.703. The highest BCUT2D eigenvalue weighted by Crippen LogP contribution is 2.22. The van der Waals surface area contributed by atoms with Crippen LogP contribution in [-0.2, 0) is 4.79 Å². The number of piperidine rings is 1. The molecule has 0 N–H and O–H groups in total. The van der Waals surface area contributed by atoms with Gasteiger partial charge < -0.3 is 4.90 Å². The van der Waals surface area contributed by atoms with E-state index in [2.05, 4.69) is 0 Å². The molecule has 1 fully saturated rings. The molecule has 1 saturated heterocycles. The van der Waals surface area contributed by atoms with Crippen molar-refractivity contribution in [2.45, 2.75) is 19.8 Å². The average molecular weight is 262 g/mol. The maximum Gasteiger partial charge on any atom is 0.282 e. The first-order chi connectivity index (χ1) is 8.99. The van der Waals surface area contributed by atoms with E-state index in [4.69, 9.17) is 0 Å². The number of ketones is 1. The first kappa shape index (κ1) is 13.2. The van der Waals surface area contributed by atoms with Crippen LogP contribution in [-0.4, -0.2) is 34.6 Å². The molecule has 1 amide bonds. The summed E-state index contributed by atoms with van der Waals surface area (Å²) >= 11 is 0. The Labute approximate surface area is 110 Å². The summed E-state index contributed by atoms with van der Waals surface area (Å²) in [5.74, 6) is -0.245.